The van der Waals surface area contributed by atoms with E-state index < -0.39 is 17.4 Å². The number of fused-ring (bicyclic) bond motifs is 1. The van der Waals surface area contributed by atoms with Gasteiger partial charge in [0.05, 0.1) is 12.1 Å². The fourth-order valence-corrected chi connectivity index (χ4v) is 1.74. The van der Waals surface area contributed by atoms with Gasteiger partial charge in [-0.25, -0.2) is 8.78 Å². The summed E-state index contributed by atoms with van der Waals surface area (Å²) in [5.74, 6) is -2.29. The quantitative estimate of drug-likeness (QED) is 0.806. The highest BCUT2D eigenvalue weighted by molar-refractivity contribution is 5.92. The lowest BCUT2D eigenvalue weighted by atomic mass is 10.2. The van der Waals surface area contributed by atoms with E-state index >= 15 is 0 Å². The van der Waals surface area contributed by atoms with Crippen LogP contribution in [0.1, 0.15) is 18.6 Å². The highest BCUT2D eigenvalue weighted by Crippen LogP contribution is 2.30. The molecule has 0 saturated carbocycles. The van der Waals surface area contributed by atoms with Crippen molar-refractivity contribution in [2.45, 2.75) is 13.8 Å². The molecule has 0 bridgehead atoms. The summed E-state index contributed by atoms with van der Waals surface area (Å²) in [6.45, 7) is 3.14. The fourth-order valence-electron chi connectivity index (χ4n) is 1.74. The zero-order valence-corrected chi connectivity index (χ0v) is 9.46. The molecule has 0 fully saturated rings. The fraction of sp³-hybridized carbons (Fsp3) is 0.250. The number of hydrogen-bond donors (Lipinski definition) is 0. The van der Waals surface area contributed by atoms with Gasteiger partial charge in [0, 0.05) is 24.6 Å². The molecule has 0 radical (unpaired) electrons. The Morgan fingerprint density at radius 1 is 1.47 bits per heavy atom. The normalized spacial score (nSPS) is 10.8. The number of aromatic nitrogens is 1. The molecule has 0 unspecified atom stereocenters. The SMILES string of the molecule is CCOc1c(F)cc2c(ccn2C(C)=O)c1F. The number of ether oxygens (including phenoxy) is 1. The number of carbonyl (C=O) groups excluding carboxylic acids is 1. The molecule has 2 aromatic rings. The second-order valence-corrected chi connectivity index (χ2v) is 3.57. The molecule has 0 saturated heterocycles. The molecule has 0 spiro atoms. The van der Waals surface area contributed by atoms with E-state index in [1.165, 1.54) is 23.8 Å². The third kappa shape index (κ3) is 1.77. The van der Waals surface area contributed by atoms with Crippen LogP contribution in [0.2, 0.25) is 0 Å². The van der Waals surface area contributed by atoms with Crippen molar-refractivity contribution in [1.29, 1.82) is 0 Å². The van der Waals surface area contributed by atoms with E-state index in [1.54, 1.807) is 6.92 Å². The molecule has 0 amide bonds. The second kappa shape index (κ2) is 4.16. The summed E-state index contributed by atoms with van der Waals surface area (Å²) in [5.41, 5.74) is 0.205. The van der Waals surface area contributed by atoms with Gasteiger partial charge in [0.1, 0.15) is 0 Å². The van der Waals surface area contributed by atoms with Crippen LogP contribution in [0.5, 0.6) is 5.75 Å². The largest absolute Gasteiger partial charge is 0.488 e. The van der Waals surface area contributed by atoms with Crippen LogP contribution in [0.15, 0.2) is 18.3 Å². The van der Waals surface area contributed by atoms with Gasteiger partial charge in [0.15, 0.2) is 17.4 Å². The molecule has 1 heterocycles. The predicted molar refractivity (Wildman–Crippen MR) is 59.3 cm³/mol. The van der Waals surface area contributed by atoms with Crippen molar-refractivity contribution >= 4 is 16.8 Å². The maximum absolute atomic E-state index is 13.9. The predicted octanol–water partition coefficient (Wildman–Crippen LogP) is 2.98. The Bertz CT molecular complexity index is 590. The van der Waals surface area contributed by atoms with Gasteiger partial charge in [-0.05, 0) is 13.0 Å². The van der Waals surface area contributed by atoms with E-state index in [4.69, 9.17) is 4.74 Å². The Morgan fingerprint density at radius 2 is 2.18 bits per heavy atom. The zero-order chi connectivity index (χ0) is 12.6. The van der Waals surface area contributed by atoms with Crippen molar-refractivity contribution in [3.8, 4) is 5.75 Å². The summed E-state index contributed by atoms with van der Waals surface area (Å²) in [6, 6.07) is 2.53. The van der Waals surface area contributed by atoms with Crippen LogP contribution in [-0.4, -0.2) is 17.1 Å². The first-order valence-corrected chi connectivity index (χ1v) is 5.19. The minimum atomic E-state index is -0.807. The maximum Gasteiger partial charge on any atom is 0.227 e. The topological polar surface area (TPSA) is 31.2 Å². The van der Waals surface area contributed by atoms with Crippen molar-refractivity contribution < 1.29 is 18.3 Å². The Kier molecular flexibility index (Phi) is 2.83. The van der Waals surface area contributed by atoms with Gasteiger partial charge >= 0.3 is 0 Å². The average molecular weight is 239 g/mol. The number of carbonyl (C=O) groups is 1. The first-order valence-electron chi connectivity index (χ1n) is 5.19. The summed E-state index contributed by atoms with van der Waals surface area (Å²) < 4.78 is 33.6. The van der Waals surface area contributed by atoms with E-state index in [0.717, 1.165) is 6.07 Å². The molecule has 0 aliphatic heterocycles. The van der Waals surface area contributed by atoms with Crippen molar-refractivity contribution in [2.75, 3.05) is 6.61 Å². The van der Waals surface area contributed by atoms with Crippen LogP contribution < -0.4 is 4.74 Å². The average Bonchev–Trinajstić information content (AvgIpc) is 2.68. The van der Waals surface area contributed by atoms with Gasteiger partial charge in [0.2, 0.25) is 5.91 Å². The number of hydrogen-bond acceptors (Lipinski definition) is 2. The van der Waals surface area contributed by atoms with Crippen molar-refractivity contribution in [1.82, 2.24) is 4.57 Å². The van der Waals surface area contributed by atoms with Gasteiger partial charge < -0.3 is 4.74 Å². The first-order chi connectivity index (χ1) is 8.06. The molecule has 1 aromatic carbocycles. The van der Waals surface area contributed by atoms with Gasteiger partial charge in [-0.1, -0.05) is 0 Å². The zero-order valence-electron chi connectivity index (χ0n) is 9.46. The van der Waals surface area contributed by atoms with Crippen molar-refractivity contribution in [3.63, 3.8) is 0 Å². The summed E-state index contributed by atoms with van der Waals surface area (Å²) >= 11 is 0. The Morgan fingerprint density at radius 3 is 2.76 bits per heavy atom. The van der Waals surface area contributed by atoms with Gasteiger partial charge in [-0.2, -0.15) is 0 Å². The van der Waals surface area contributed by atoms with E-state index in [1.807, 2.05) is 0 Å². The molecule has 2 rings (SSSR count). The van der Waals surface area contributed by atoms with Crippen LogP contribution in [0.3, 0.4) is 0 Å². The molecule has 90 valence electrons. The molecule has 1 aromatic heterocycles. The molecular formula is C12H11F2NO2. The van der Waals surface area contributed by atoms with E-state index in [-0.39, 0.29) is 23.4 Å². The van der Waals surface area contributed by atoms with Gasteiger partial charge in [-0.3, -0.25) is 9.36 Å². The van der Waals surface area contributed by atoms with Crippen LogP contribution in [0.25, 0.3) is 10.9 Å². The standard InChI is InChI=1S/C12H11F2NO2/c1-3-17-12-9(13)6-10-8(11(12)14)4-5-15(10)7(2)16/h4-6H,3H2,1-2H3. The summed E-state index contributed by atoms with van der Waals surface area (Å²) in [4.78, 5) is 11.2. The van der Waals surface area contributed by atoms with Gasteiger partial charge in [-0.15, -0.1) is 0 Å². The smallest absolute Gasteiger partial charge is 0.227 e. The van der Waals surface area contributed by atoms with E-state index in [0.29, 0.717) is 0 Å². The number of nitrogens with zero attached hydrogens (tertiary/aromatic N) is 1. The molecule has 0 atom stereocenters. The third-order valence-electron chi connectivity index (χ3n) is 2.47. The maximum atomic E-state index is 13.9. The Labute approximate surface area is 96.6 Å². The van der Waals surface area contributed by atoms with Gasteiger partial charge in [0.25, 0.3) is 0 Å². The lowest BCUT2D eigenvalue weighted by Crippen LogP contribution is -2.04. The van der Waals surface area contributed by atoms with Crippen LogP contribution in [0.4, 0.5) is 8.78 Å². The van der Waals surface area contributed by atoms with Crippen molar-refractivity contribution in [2.24, 2.45) is 0 Å². The van der Waals surface area contributed by atoms with Crippen LogP contribution in [0, 0.1) is 11.6 Å². The molecule has 0 N–H and O–H groups in total. The molecule has 0 aliphatic carbocycles. The monoisotopic (exact) mass is 239 g/mol. The minimum absolute atomic E-state index is 0.171. The minimum Gasteiger partial charge on any atom is -0.488 e. The second-order valence-electron chi connectivity index (χ2n) is 3.57. The van der Waals surface area contributed by atoms with E-state index in [2.05, 4.69) is 0 Å². The lowest BCUT2D eigenvalue weighted by molar-refractivity contribution is 0.0941. The molecule has 0 aliphatic rings. The summed E-state index contributed by atoms with van der Waals surface area (Å²) in [5, 5.41) is 0.171. The van der Waals surface area contributed by atoms with Crippen LogP contribution in [-0.2, 0) is 0 Å². The highest BCUT2D eigenvalue weighted by atomic mass is 19.1. The first kappa shape index (κ1) is 11.6. The summed E-state index contributed by atoms with van der Waals surface area (Å²) in [6.07, 6.45) is 1.41. The highest BCUT2D eigenvalue weighted by Gasteiger charge is 2.18. The van der Waals surface area contributed by atoms with Crippen LogP contribution >= 0.6 is 0 Å². The molecule has 5 heteroatoms. The van der Waals surface area contributed by atoms with Crippen molar-refractivity contribution in [3.05, 3.63) is 30.0 Å². The Hall–Kier alpha value is -1.91. The number of benzene rings is 1. The number of rotatable bonds is 2. The molecule has 17 heavy (non-hydrogen) atoms. The third-order valence-corrected chi connectivity index (χ3v) is 2.47. The molecular weight excluding hydrogens is 228 g/mol. The Balaban J connectivity index is 2.74. The van der Waals surface area contributed by atoms with E-state index in [9.17, 15) is 13.6 Å². The number of halogens is 2. The molecule has 3 nitrogen and oxygen atoms in total. The summed E-state index contributed by atoms with van der Waals surface area (Å²) in [7, 11) is 0. The lowest BCUT2D eigenvalue weighted by Gasteiger charge is -2.07.